The van der Waals surface area contributed by atoms with Gasteiger partial charge in [-0.15, -0.1) is 0 Å². The van der Waals surface area contributed by atoms with Crippen LogP contribution in [0.15, 0.2) is 18.2 Å². The number of H-pyrrole nitrogens is 1. The molecule has 1 saturated heterocycles. The van der Waals surface area contributed by atoms with E-state index < -0.39 is 11.6 Å². The Morgan fingerprint density at radius 1 is 1.35 bits per heavy atom. The Balaban J connectivity index is 1.82. The van der Waals surface area contributed by atoms with Crippen LogP contribution in [0.5, 0.6) is 0 Å². The predicted octanol–water partition coefficient (Wildman–Crippen LogP) is 2.69. The third-order valence-electron chi connectivity index (χ3n) is 4.13. The molecule has 1 atom stereocenters. The maximum atomic E-state index is 13.8. The molecule has 1 aliphatic rings. The second kappa shape index (κ2) is 6.44. The summed E-state index contributed by atoms with van der Waals surface area (Å²) in [5.74, 6) is -0.454. The number of hydrogen-bond acceptors (Lipinski definition) is 3. The van der Waals surface area contributed by atoms with E-state index in [-0.39, 0.29) is 23.9 Å². The van der Waals surface area contributed by atoms with E-state index in [1.165, 1.54) is 6.07 Å². The minimum Gasteiger partial charge on any atom is -0.332 e. The van der Waals surface area contributed by atoms with Crippen molar-refractivity contribution in [3.8, 4) is 0 Å². The second-order valence-corrected chi connectivity index (χ2v) is 5.75. The molecule has 1 aromatic carbocycles. The number of nitrogens with zero attached hydrogens (tertiary/aromatic N) is 3. The van der Waals surface area contributed by atoms with Gasteiger partial charge in [0, 0.05) is 12.1 Å². The molecule has 0 spiro atoms. The molecule has 3 rings (SSSR count). The molecule has 23 heavy (non-hydrogen) atoms. The minimum atomic E-state index is -0.694. The summed E-state index contributed by atoms with van der Waals surface area (Å²) in [5.41, 5.74) is -0.187. The number of likely N-dealkylation sites (tertiary alicyclic amines) is 1. The van der Waals surface area contributed by atoms with Crippen molar-refractivity contribution in [2.45, 2.75) is 38.6 Å². The number of piperidine rings is 1. The maximum Gasteiger partial charge on any atom is 0.227 e. The van der Waals surface area contributed by atoms with E-state index in [0.717, 1.165) is 31.4 Å². The van der Waals surface area contributed by atoms with Crippen molar-refractivity contribution in [2.75, 3.05) is 6.54 Å². The molecule has 0 radical (unpaired) electrons. The molecular formula is C16H18F2N4O. The monoisotopic (exact) mass is 320 g/mol. The molecule has 7 heteroatoms. The van der Waals surface area contributed by atoms with Crippen molar-refractivity contribution < 1.29 is 13.6 Å². The highest BCUT2D eigenvalue weighted by Gasteiger charge is 2.31. The summed E-state index contributed by atoms with van der Waals surface area (Å²) in [6, 6.07) is 3.38. The molecule has 122 valence electrons. The highest BCUT2D eigenvalue weighted by molar-refractivity contribution is 5.79. The number of aromatic amines is 1. The van der Waals surface area contributed by atoms with Gasteiger partial charge < -0.3 is 4.90 Å². The maximum absolute atomic E-state index is 13.8. The van der Waals surface area contributed by atoms with Gasteiger partial charge in [-0.25, -0.2) is 13.8 Å². The Labute approximate surface area is 132 Å². The first-order valence-corrected chi connectivity index (χ1v) is 7.67. The molecule has 1 amide bonds. The number of aromatic nitrogens is 3. The predicted molar refractivity (Wildman–Crippen MR) is 79.5 cm³/mol. The number of amides is 1. The SMILES string of the molecule is Cc1nc([C@H]2CCCCN2C(=O)Cc2c(F)cccc2F)n[nH]1. The molecule has 5 nitrogen and oxygen atoms in total. The van der Waals surface area contributed by atoms with Crippen molar-refractivity contribution >= 4 is 5.91 Å². The van der Waals surface area contributed by atoms with Gasteiger partial charge in [0.05, 0.1) is 12.5 Å². The van der Waals surface area contributed by atoms with E-state index in [0.29, 0.717) is 18.2 Å². The minimum absolute atomic E-state index is 0.187. The zero-order valence-electron chi connectivity index (χ0n) is 12.9. The van der Waals surface area contributed by atoms with Crippen molar-refractivity contribution in [1.29, 1.82) is 0 Å². The van der Waals surface area contributed by atoms with Crippen LogP contribution in [0.3, 0.4) is 0 Å². The average molecular weight is 320 g/mol. The lowest BCUT2D eigenvalue weighted by atomic mass is 10.00. The van der Waals surface area contributed by atoms with E-state index in [1.54, 1.807) is 11.8 Å². The van der Waals surface area contributed by atoms with Crippen LogP contribution >= 0.6 is 0 Å². The fraction of sp³-hybridized carbons (Fsp3) is 0.438. The third-order valence-corrected chi connectivity index (χ3v) is 4.13. The Morgan fingerprint density at radius 3 is 2.74 bits per heavy atom. The Morgan fingerprint density at radius 2 is 2.09 bits per heavy atom. The summed E-state index contributed by atoms with van der Waals surface area (Å²) < 4.78 is 27.5. The summed E-state index contributed by atoms with van der Waals surface area (Å²) in [7, 11) is 0. The summed E-state index contributed by atoms with van der Waals surface area (Å²) in [4.78, 5) is 18.5. The van der Waals surface area contributed by atoms with Crippen LogP contribution in [0.1, 0.15) is 42.5 Å². The zero-order valence-corrected chi connectivity index (χ0v) is 12.9. The molecule has 0 unspecified atom stereocenters. The zero-order chi connectivity index (χ0) is 16.4. The largest absolute Gasteiger partial charge is 0.332 e. The van der Waals surface area contributed by atoms with Gasteiger partial charge in [0.1, 0.15) is 17.5 Å². The lowest BCUT2D eigenvalue weighted by molar-refractivity contribution is -0.134. The van der Waals surface area contributed by atoms with Gasteiger partial charge in [-0.1, -0.05) is 6.07 Å². The van der Waals surface area contributed by atoms with E-state index in [9.17, 15) is 13.6 Å². The van der Waals surface area contributed by atoms with Crippen LogP contribution < -0.4 is 0 Å². The molecule has 1 fully saturated rings. The van der Waals surface area contributed by atoms with Crippen LogP contribution in [-0.4, -0.2) is 32.5 Å². The molecule has 1 aromatic heterocycles. The molecule has 1 aliphatic heterocycles. The summed E-state index contributed by atoms with van der Waals surface area (Å²) >= 11 is 0. The van der Waals surface area contributed by atoms with Gasteiger partial charge in [0.25, 0.3) is 0 Å². The quantitative estimate of drug-likeness (QED) is 0.946. The van der Waals surface area contributed by atoms with Gasteiger partial charge in [0.15, 0.2) is 5.82 Å². The number of benzene rings is 1. The topological polar surface area (TPSA) is 61.9 Å². The second-order valence-electron chi connectivity index (χ2n) is 5.75. The van der Waals surface area contributed by atoms with Gasteiger partial charge in [0.2, 0.25) is 5.91 Å². The van der Waals surface area contributed by atoms with E-state index >= 15 is 0 Å². The molecule has 2 heterocycles. The fourth-order valence-electron chi connectivity index (χ4n) is 2.96. The molecule has 2 aromatic rings. The van der Waals surface area contributed by atoms with Crippen molar-refractivity contribution in [1.82, 2.24) is 20.1 Å². The first kappa shape index (κ1) is 15.6. The average Bonchev–Trinajstić information content (AvgIpc) is 2.97. The molecular weight excluding hydrogens is 302 g/mol. The Kier molecular flexibility index (Phi) is 4.36. The number of nitrogens with one attached hydrogen (secondary N) is 1. The highest BCUT2D eigenvalue weighted by atomic mass is 19.1. The van der Waals surface area contributed by atoms with Crippen LogP contribution in [0.2, 0.25) is 0 Å². The Bertz CT molecular complexity index is 696. The van der Waals surface area contributed by atoms with Crippen LogP contribution in [-0.2, 0) is 11.2 Å². The standard InChI is InChI=1S/C16H18F2N4O/c1-10-19-16(21-20-10)14-7-2-3-8-22(14)15(23)9-11-12(17)5-4-6-13(11)18/h4-6,14H,2-3,7-9H2,1H3,(H,19,20,21)/t14-/m1/s1. The summed E-state index contributed by atoms with van der Waals surface area (Å²) in [5, 5.41) is 6.91. The summed E-state index contributed by atoms with van der Waals surface area (Å²) in [6.07, 6.45) is 2.29. The van der Waals surface area contributed by atoms with Crippen LogP contribution in [0, 0.1) is 18.6 Å². The smallest absolute Gasteiger partial charge is 0.227 e. The number of carbonyl (C=O) groups is 1. The fourth-order valence-corrected chi connectivity index (χ4v) is 2.96. The van der Waals surface area contributed by atoms with Crippen molar-refractivity contribution in [3.63, 3.8) is 0 Å². The molecule has 0 bridgehead atoms. The van der Waals surface area contributed by atoms with Gasteiger partial charge in [-0.2, -0.15) is 5.10 Å². The van der Waals surface area contributed by atoms with Gasteiger partial charge in [-0.3, -0.25) is 9.89 Å². The number of rotatable bonds is 3. The lowest BCUT2D eigenvalue weighted by Gasteiger charge is -2.34. The van der Waals surface area contributed by atoms with Crippen molar-refractivity contribution in [2.24, 2.45) is 0 Å². The number of hydrogen-bond donors (Lipinski definition) is 1. The number of carbonyl (C=O) groups excluding carboxylic acids is 1. The van der Waals surface area contributed by atoms with Crippen molar-refractivity contribution in [3.05, 3.63) is 47.0 Å². The molecule has 1 N–H and O–H groups in total. The van der Waals surface area contributed by atoms with Gasteiger partial charge >= 0.3 is 0 Å². The highest BCUT2D eigenvalue weighted by Crippen LogP contribution is 2.29. The summed E-state index contributed by atoms with van der Waals surface area (Å²) in [6.45, 7) is 2.34. The molecule has 0 aliphatic carbocycles. The molecule has 0 saturated carbocycles. The first-order chi connectivity index (χ1) is 11.1. The third kappa shape index (κ3) is 3.23. The van der Waals surface area contributed by atoms with E-state index in [1.807, 2.05) is 0 Å². The van der Waals surface area contributed by atoms with E-state index in [2.05, 4.69) is 15.2 Å². The number of halogens is 2. The first-order valence-electron chi connectivity index (χ1n) is 7.67. The van der Waals surface area contributed by atoms with Gasteiger partial charge in [-0.05, 0) is 38.3 Å². The van der Waals surface area contributed by atoms with E-state index in [4.69, 9.17) is 0 Å². The van der Waals surface area contributed by atoms with Crippen LogP contribution in [0.25, 0.3) is 0 Å². The lowest BCUT2D eigenvalue weighted by Crippen LogP contribution is -2.40. The normalized spacial score (nSPS) is 18.2. The Hall–Kier alpha value is -2.31. The van der Waals surface area contributed by atoms with Crippen LogP contribution in [0.4, 0.5) is 8.78 Å². The number of aryl methyl sites for hydroxylation is 1.